The largest absolute Gasteiger partial charge is 0.384 e. The molecule has 1 heterocycles. The molecule has 0 spiro atoms. The van der Waals surface area contributed by atoms with Gasteiger partial charge in [0.1, 0.15) is 0 Å². The fourth-order valence-electron chi connectivity index (χ4n) is 1.84. The van der Waals surface area contributed by atoms with Crippen LogP contribution in [0.5, 0.6) is 0 Å². The van der Waals surface area contributed by atoms with Crippen molar-refractivity contribution in [3.8, 4) is 0 Å². The van der Waals surface area contributed by atoms with Crippen LogP contribution in [0.25, 0.3) is 0 Å². The molecule has 1 aromatic heterocycles. The lowest BCUT2D eigenvalue weighted by molar-refractivity contribution is 0.504. The van der Waals surface area contributed by atoms with E-state index in [1.165, 1.54) is 30.5 Å². The van der Waals surface area contributed by atoms with Crippen molar-refractivity contribution in [3.63, 3.8) is 0 Å². The Hall–Kier alpha value is -0.760. The van der Waals surface area contributed by atoms with Gasteiger partial charge in [0.15, 0.2) is 0 Å². The number of anilines is 1. The molecular weight excluding hydrogens is 190 g/mol. The predicted molar refractivity (Wildman–Crippen MR) is 64.0 cm³/mol. The minimum absolute atomic E-state index is 0.833. The van der Waals surface area contributed by atoms with Gasteiger partial charge in [-0.05, 0) is 43.0 Å². The highest BCUT2D eigenvalue weighted by Gasteiger charge is 2.09. The van der Waals surface area contributed by atoms with Gasteiger partial charge in [-0.15, -0.1) is 11.3 Å². The molecule has 1 aromatic rings. The van der Waals surface area contributed by atoms with Gasteiger partial charge in [-0.3, -0.25) is 0 Å². The summed E-state index contributed by atoms with van der Waals surface area (Å²) >= 11 is 1.78. The molecule has 0 fully saturated rings. The summed E-state index contributed by atoms with van der Waals surface area (Å²) in [6.07, 6.45) is 8.46. The second kappa shape index (κ2) is 4.65. The third-order valence-electron chi connectivity index (χ3n) is 2.81. The van der Waals surface area contributed by atoms with Crippen LogP contribution in [0.1, 0.15) is 24.8 Å². The van der Waals surface area contributed by atoms with Crippen molar-refractivity contribution in [1.82, 2.24) is 0 Å². The van der Waals surface area contributed by atoms with E-state index in [1.807, 2.05) is 0 Å². The van der Waals surface area contributed by atoms with Crippen LogP contribution in [0.3, 0.4) is 0 Å². The van der Waals surface area contributed by atoms with Crippen LogP contribution in [-0.2, 0) is 0 Å². The van der Waals surface area contributed by atoms with Crippen molar-refractivity contribution in [2.24, 2.45) is 5.92 Å². The van der Waals surface area contributed by atoms with E-state index in [0.29, 0.717) is 0 Å². The Labute approximate surface area is 89.8 Å². The average Bonchev–Trinajstić information content (AvgIpc) is 2.63. The van der Waals surface area contributed by atoms with Crippen molar-refractivity contribution in [2.45, 2.75) is 26.2 Å². The number of rotatable bonds is 3. The molecule has 0 saturated carbocycles. The number of thiophene rings is 1. The normalized spacial score (nSPS) is 21.1. The molecule has 0 radical (unpaired) electrons. The lowest BCUT2D eigenvalue weighted by atomic mass is 9.94. The van der Waals surface area contributed by atoms with Crippen LogP contribution in [-0.4, -0.2) is 6.54 Å². The van der Waals surface area contributed by atoms with E-state index in [2.05, 4.69) is 35.2 Å². The van der Waals surface area contributed by atoms with E-state index in [1.54, 1.807) is 11.3 Å². The third kappa shape index (κ3) is 2.38. The third-order valence-corrected chi connectivity index (χ3v) is 3.68. The highest BCUT2D eigenvalue weighted by atomic mass is 32.1. The Morgan fingerprint density at radius 3 is 3.00 bits per heavy atom. The van der Waals surface area contributed by atoms with Gasteiger partial charge in [0, 0.05) is 17.6 Å². The van der Waals surface area contributed by atoms with Gasteiger partial charge in [0.25, 0.3) is 0 Å². The molecule has 14 heavy (non-hydrogen) atoms. The first-order chi connectivity index (χ1) is 6.86. The standard InChI is InChI=1S/C12H17NS/c1-10-8-14-9-12(10)13-7-11-5-3-2-4-6-11/h2-3,8-9,11,13H,4-7H2,1H3. The lowest BCUT2D eigenvalue weighted by Crippen LogP contribution is -2.15. The number of aryl methyl sites for hydroxylation is 1. The van der Waals surface area contributed by atoms with Crippen LogP contribution in [0.4, 0.5) is 5.69 Å². The molecule has 0 bridgehead atoms. The maximum atomic E-state index is 3.54. The van der Waals surface area contributed by atoms with Crippen molar-refractivity contribution in [3.05, 3.63) is 28.5 Å². The summed E-state index contributed by atoms with van der Waals surface area (Å²) in [7, 11) is 0. The first-order valence-electron chi connectivity index (χ1n) is 5.28. The monoisotopic (exact) mass is 207 g/mol. The van der Waals surface area contributed by atoms with E-state index in [0.717, 1.165) is 12.5 Å². The molecule has 1 aliphatic carbocycles. The van der Waals surface area contributed by atoms with Crippen molar-refractivity contribution in [2.75, 3.05) is 11.9 Å². The number of allylic oxidation sites excluding steroid dienone is 2. The summed E-state index contributed by atoms with van der Waals surface area (Å²) in [5.74, 6) is 0.833. The van der Waals surface area contributed by atoms with Gasteiger partial charge < -0.3 is 5.32 Å². The zero-order valence-electron chi connectivity index (χ0n) is 8.62. The molecule has 2 rings (SSSR count). The van der Waals surface area contributed by atoms with Gasteiger partial charge in [-0.2, -0.15) is 0 Å². The molecule has 0 aliphatic heterocycles. The molecule has 1 N–H and O–H groups in total. The smallest absolute Gasteiger partial charge is 0.0478 e. The first-order valence-corrected chi connectivity index (χ1v) is 6.22. The molecular formula is C12H17NS. The maximum absolute atomic E-state index is 3.54. The summed E-state index contributed by atoms with van der Waals surface area (Å²) in [4.78, 5) is 0. The zero-order chi connectivity index (χ0) is 9.80. The molecule has 0 aromatic carbocycles. The van der Waals surface area contributed by atoms with Crippen LogP contribution in [0, 0.1) is 12.8 Å². The fraction of sp³-hybridized carbons (Fsp3) is 0.500. The number of hydrogen-bond donors (Lipinski definition) is 1. The molecule has 0 saturated heterocycles. The van der Waals surface area contributed by atoms with E-state index < -0.39 is 0 Å². The average molecular weight is 207 g/mol. The summed E-state index contributed by atoms with van der Waals surface area (Å²) in [6, 6.07) is 0. The van der Waals surface area contributed by atoms with Crippen LogP contribution >= 0.6 is 11.3 Å². The van der Waals surface area contributed by atoms with Crippen LogP contribution < -0.4 is 5.32 Å². The topological polar surface area (TPSA) is 12.0 Å². The van der Waals surface area contributed by atoms with Gasteiger partial charge in [-0.25, -0.2) is 0 Å². The minimum Gasteiger partial charge on any atom is -0.384 e. The highest BCUT2D eigenvalue weighted by Crippen LogP contribution is 2.22. The number of hydrogen-bond acceptors (Lipinski definition) is 2. The highest BCUT2D eigenvalue weighted by molar-refractivity contribution is 7.08. The fourth-order valence-corrected chi connectivity index (χ4v) is 2.64. The molecule has 2 heteroatoms. The molecule has 1 aliphatic rings. The zero-order valence-corrected chi connectivity index (χ0v) is 9.44. The Morgan fingerprint density at radius 2 is 2.36 bits per heavy atom. The summed E-state index contributed by atoms with van der Waals surface area (Å²) in [5.41, 5.74) is 2.70. The Morgan fingerprint density at radius 1 is 1.43 bits per heavy atom. The summed E-state index contributed by atoms with van der Waals surface area (Å²) < 4.78 is 0. The van der Waals surface area contributed by atoms with Crippen molar-refractivity contribution < 1.29 is 0 Å². The van der Waals surface area contributed by atoms with Crippen LogP contribution in [0.15, 0.2) is 22.9 Å². The summed E-state index contributed by atoms with van der Waals surface area (Å²) in [5, 5.41) is 7.94. The minimum atomic E-state index is 0.833. The van der Waals surface area contributed by atoms with E-state index in [4.69, 9.17) is 0 Å². The van der Waals surface area contributed by atoms with E-state index in [-0.39, 0.29) is 0 Å². The maximum Gasteiger partial charge on any atom is 0.0478 e. The predicted octanol–water partition coefficient (Wildman–Crippen LogP) is 3.82. The van der Waals surface area contributed by atoms with E-state index >= 15 is 0 Å². The molecule has 1 atom stereocenters. The van der Waals surface area contributed by atoms with Gasteiger partial charge in [-0.1, -0.05) is 12.2 Å². The molecule has 0 amide bonds. The van der Waals surface area contributed by atoms with Gasteiger partial charge in [0.2, 0.25) is 0 Å². The Balaban J connectivity index is 1.82. The van der Waals surface area contributed by atoms with Crippen molar-refractivity contribution in [1.29, 1.82) is 0 Å². The SMILES string of the molecule is Cc1cscc1NCC1CC=CCC1. The quantitative estimate of drug-likeness (QED) is 0.743. The van der Waals surface area contributed by atoms with Crippen molar-refractivity contribution >= 4 is 17.0 Å². The second-order valence-electron chi connectivity index (χ2n) is 4.00. The summed E-state index contributed by atoms with van der Waals surface area (Å²) in [6.45, 7) is 3.29. The Bertz CT molecular complexity index is 314. The molecule has 1 unspecified atom stereocenters. The second-order valence-corrected chi connectivity index (χ2v) is 4.74. The molecule has 76 valence electrons. The van der Waals surface area contributed by atoms with E-state index in [9.17, 15) is 0 Å². The first kappa shape index (κ1) is 9.78. The van der Waals surface area contributed by atoms with Gasteiger partial charge in [0.05, 0.1) is 0 Å². The van der Waals surface area contributed by atoms with Gasteiger partial charge >= 0.3 is 0 Å². The molecule has 1 nitrogen and oxygen atoms in total. The Kier molecular flexibility index (Phi) is 3.25. The lowest BCUT2D eigenvalue weighted by Gasteiger charge is -2.18. The number of nitrogens with one attached hydrogen (secondary N) is 1. The van der Waals surface area contributed by atoms with Crippen LogP contribution in [0.2, 0.25) is 0 Å².